The second-order valence-electron chi connectivity index (χ2n) is 8.54. The van der Waals surface area contributed by atoms with Crippen molar-refractivity contribution in [1.82, 2.24) is 14.8 Å². The molecule has 0 aliphatic carbocycles. The summed E-state index contributed by atoms with van der Waals surface area (Å²) in [4.78, 5) is 17.8. The Morgan fingerprint density at radius 2 is 1.63 bits per heavy atom. The van der Waals surface area contributed by atoms with Crippen molar-refractivity contribution in [3.05, 3.63) is 92.9 Å². The summed E-state index contributed by atoms with van der Waals surface area (Å²) in [6.45, 7) is 6.03. The number of benzene rings is 2. The lowest BCUT2D eigenvalue weighted by molar-refractivity contribution is -0.137. The SMILES string of the molecule is Cc1sc2c(c1C)C(c1ccc(C=Cc3ccc(O)cc3)cc1)=N[C@@H](CC(=O)O)c1nnc(C)n1-2. The fourth-order valence-electron chi connectivity index (χ4n) is 4.22. The van der Waals surface area contributed by atoms with Gasteiger partial charge in [0.2, 0.25) is 0 Å². The first-order chi connectivity index (χ1) is 16.8. The van der Waals surface area contributed by atoms with Gasteiger partial charge in [-0.25, -0.2) is 0 Å². The molecular weight excluding hydrogens is 460 g/mol. The number of thiophene rings is 1. The second kappa shape index (κ2) is 8.96. The molecule has 0 saturated heterocycles. The Balaban J connectivity index is 1.58. The average Bonchev–Trinajstić information content (AvgIpc) is 3.31. The Morgan fingerprint density at radius 3 is 2.26 bits per heavy atom. The van der Waals surface area contributed by atoms with Crippen LogP contribution in [-0.2, 0) is 4.79 Å². The summed E-state index contributed by atoms with van der Waals surface area (Å²) >= 11 is 1.65. The van der Waals surface area contributed by atoms with E-state index >= 15 is 0 Å². The number of aromatic hydroxyl groups is 1. The number of hydrogen-bond donors (Lipinski definition) is 2. The quantitative estimate of drug-likeness (QED) is 0.365. The number of phenolic OH excluding ortho intramolecular Hbond substituents is 1. The maximum atomic E-state index is 11.7. The molecule has 0 bridgehead atoms. The van der Waals surface area contributed by atoms with Crippen LogP contribution in [0.3, 0.4) is 0 Å². The summed E-state index contributed by atoms with van der Waals surface area (Å²) in [5.74, 6) is 0.571. The van der Waals surface area contributed by atoms with Crippen LogP contribution < -0.4 is 0 Å². The molecule has 0 unspecified atom stereocenters. The highest BCUT2D eigenvalue weighted by Crippen LogP contribution is 2.39. The number of aliphatic carboxylic acids is 1. The van der Waals surface area contributed by atoms with Crippen LogP contribution in [0.4, 0.5) is 0 Å². The zero-order chi connectivity index (χ0) is 24.7. The minimum absolute atomic E-state index is 0.165. The van der Waals surface area contributed by atoms with Gasteiger partial charge in [-0.3, -0.25) is 14.4 Å². The van der Waals surface area contributed by atoms with Gasteiger partial charge in [-0.15, -0.1) is 21.5 Å². The number of hydrogen-bond acceptors (Lipinski definition) is 6. The van der Waals surface area contributed by atoms with E-state index in [4.69, 9.17) is 4.99 Å². The van der Waals surface area contributed by atoms with Crippen molar-refractivity contribution < 1.29 is 15.0 Å². The van der Waals surface area contributed by atoms with Gasteiger partial charge in [-0.2, -0.15) is 0 Å². The molecule has 3 heterocycles. The van der Waals surface area contributed by atoms with Gasteiger partial charge in [0.1, 0.15) is 22.6 Å². The third kappa shape index (κ3) is 4.28. The van der Waals surface area contributed by atoms with Gasteiger partial charge in [0, 0.05) is 16.0 Å². The predicted molar refractivity (Wildman–Crippen MR) is 138 cm³/mol. The van der Waals surface area contributed by atoms with Crippen molar-refractivity contribution >= 4 is 35.2 Å². The first-order valence-corrected chi connectivity index (χ1v) is 12.0. The van der Waals surface area contributed by atoms with Crippen LogP contribution in [0.1, 0.15) is 56.8 Å². The van der Waals surface area contributed by atoms with E-state index < -0.39 is 12.0 Å². The van der Waals surface area contributed by atoms with Crippen molar-refractivity contribution in [2.45, 2.75) is 33.2 Å². The average molecular weight is 485 g/mol. The molecule has 0 saturated carbocycles. The Hall–Kier alpha value is -4.04. The molecule has 4 aromatic rings. The zero-order valence-corrected chi connectivity index (χ0v) is 20.4. The Kier molecular flexibility index (Phi) is 5.82. The number of aliphatic imine (C=N–C) groups is 1. The van der Waals surface area contributed by atoms with E-state index in [1.54, 1.807) is 23.5 Å². The third-order valence-corrected chi connectivity index (χ3v) is 7.35. The van der Waals surface area contributed by atoms with Crippen LogP contribution in [-0.4, -0.2) is 36.7 Å². The number of rotatable bonds is 5. The number of carboxylic acid groups (broad SMARTS) is 1. The Morgan fingerprint density at radius 1 is 1.00 bits per heavy atom. The second-order valence-corrected chi connectivity index (χ2v) is 9.75. The van der Waals surface area contributed by atoms with Crippen LogP contribution in [0.5, 0.6) is 5.75 Å². The highest BCUT2D eigenvalue weighted by molar-refractivity contribution is 7.15. The van der Waals surface area contributed by atoms with Gasteiger partial charge < -0.3 is 10.2 Å². The fourth-order valence-corrected chi connectivity index (χ4v) is 5.43. The summed E-state index contributed by atoms with van der Waals surface area (Å²) in [6, 6.07) is 14.5. The Bertz CT molecular complexity index is 1480. The number of nitrogens with zero attached hydrogens (tertiary/aromatic N) is 4. The molecular formula is C27H24N4O3S. The molecule has 1 aliphatic rings. The fraction of sp³-hybridized carbons (Fsp3) is 0.185. The Labute approximate surface area is 206 Å². The summed E-state index contributed by atoms with van der Waals surface area (Å²) in [6.07, 6.45) is 3.83. The smallest absolute Gasteiger partial charge is 0.306 e. The van der Waals surface area contributed by atoms with Crippen LogP contribution in [0.2, 0.25) is 0 Å². The zero-order valence-electron chi connectivity index (χ0n) is 19.6. The normalized spacial score (nSPS) is 14.9. The lowest BCUT2D eigenvalue weighted by Gasteiger charge is -2.11. The summed E-state index contributed by atoms with van der Waals surface area (Å²) in [7, 11) is 0. The lowest BCUT2D eigenvalue weighted by Crippen LogP contribution is -2.10. The highest BCUT2D eigenvalue weighted by atomic mass is 32.1. The molecule has 0 fully saturated rings. The van der Waals surface area contributed by atoms with E-state index in [0.29, 0.717) is 11.6 Å². The van der Waals surface area contributed by atoms with Crippen LogP contribution in [0.15, 0.2) is 53.5 Å². The molecule has 1 atom stereocenters. The van der Waals surface area contributed by atoms with Gasteiger partial charge >= 0.3 is 5.97 Å². The van der Waals surface area contributed by atoms with Crippen LogP contribution >= 0.6 is 11.3 Å². The first-order valence-electron chi connectivity index (χ1n) is 11.2. The van der Waals surface area contributed by atoms with Crippen molar-refractivity contribution in [3.8, 4) is 10.8 Å². The lowest BCUT2D eigenvalue weighted by atomic mass is 9.98. The molecule has 2 aromatic carbocycles. The maximum absolute atomic E-state index is 11.7. The standard InChI is InChI=1S/C27H24N4O3S/c1-15-16(2)35-27-24(15)25(28-22(14-23(33)34)26-30-29-17(3)31(26)27)20-10-6-18(7-11-20)4-5-19-8-12-21(32)13-9-19/h4-13,22,32H,14H2,1-3H3,(H,33,34)/t22-/m0/s1. The van der Waals surface area contributed by atoms with E-state index in [-0.39, 0.29) is 12.2 Å². The minimum atomic E-state index is -0.932. The van der Waals surface area contributed by atoms with E-state index in [1.807, 2.05) is 60.0 Å². The van der Waals surface area contributed by atoms with E-state index in [1.165, 1.54) is 4.88 Å². The monoisotopic (exact) mass is 484 g/mol. The highest BCUT2D eigenvalue weighted by Gasteiger charge is 2.32. The van der Waals surface area contributed by atoms with E-state index in [9.17, 15) is 15.0 Å². The van der Waals surface area contributed by atoms with Gasteiger partial charge in [-0.05, 0) is 49.6 Å². The van der Waals surface area contributed by atoms with Crippen LogP contribution in [0.25, 0.3) is 17.2 Å². The number of carboxylic acids is 1. The van der Waals surface area contributed by atoms with Gasteiger partial charge in [-0.1, -0.05) is 48.6 Å². The molecule has 176 valence electrons. The molecule has 1 aliphatic heterocycles. The predicted octanol–water partition coefficient (Wildman–Crippen LogP) is 5.50. The molecule has 0 spiro atoms. The topological polar surface area (TPSA) is 101 Å². The van der Waals surface area contributed by atoms with Crippen molar-refractivity contribution in [2.24, 2.45) is 4.99 Å². The summed E-state index contributed by atoms with van der Waals surface area (Å²) < 4.78 is 1.96. The molecule has 7 nitrogen and oxygen atoms in total. The van der Waals surface area contributed by atoms with Gasteiger partial charge in [0.05, 0.1) is 12.1 Å². The van der Waals surface area contributed by atoms with Gasteiger partial charge in [0.25, 0.3) is 0 Å². The van der Waals surface area contributed by atoms with E-state index in [2.05, 4.69) is 24.0 Å². The molecule has 0 amide bonds. The number of carbonyl (C=O) groups is 1. The number of fused-ring (bicyclic) bond motifs is 3. The van der Waals surface area contributed by atoms with Crippen molar-refractivity contribution in [2.75, 3.05) is 0 Å². The van der Waals surface area contributed by atoms with Crippen molar-refractivity contribution in [1.29, 1.82) is 0 Å². The first kappa shape index (κ1) is 22.7. The van der Waals surface area contributed by atoms with E-state index in [0.717, 1.165) is 38.5 Å². The van der Waals surface area contributed by atoms with Gasteiger partial charge in [0.15, 0.2) is 5.82 Å². The molecule has 0 radical (unpaired) electrons. The molecule has 5 rings (SSSR count). The summed E-state index contributed by atoms with van der Waals surface area (Å²) in [5, 5.41) is 28.5. The molecule has 8 heteroatoms. The number of aryl methyl sites for hydroxylation is 2. The minimum Gasteiger partial charge on any atom is -0.508 e. The summed E-state index contributed by atoms with van der Waals surface area (Å²) in [5.41, 5.74) is 5.81. The molecule has 35 heavy (non-hydrogen) atoms. The molecule has 2 aromatic heterocycles. The number of aromatic nitrogens is 3. The number of phenols is 1. The van der Waals surface area contributed by atoms with Crippen LogP contribution in [0, 0.1) is 20.8 Å². The van der Waals surface area contributed by atoms with Crippen molar-refractivity contribution in [3.63, 3.8) is 0 Å². The largest absolute Gasteiger partial charge is 0.508 e. The maximum Gasteiger partial charge on any atom is 0.306 e. The molecule has 2 N–H and O–H groups in total. The third-order valence-electron chi connectivity index (χ3n) is 6.15.